The molecule has 3 rings (SSSR count). The molecule has 1 aliphatic rings. The third-order valence-electron chi connectivity index (χ3n) is 6.09. The Balaban J connectivity index is 1.95. The number of hydrogen-bond donors (Lipinski definition) is 3. The molecule has 3 atom stereocenters. The minimum Gasteiger partial charge on any atom is -0.508 e. The van der Waals surface area contributed by atoms with Gasteiger partial charge in [0.15, 0.2) is -0.565 Å². The highest BCUT2D eigenvalue weighted by molar-refractivity contribution is 14.3. The van der Waals surface area contributed by atoms with Crippen LogP contribution in [0.3, 0.4) is 0 Å². The average Bonchev–Trinajstić information content (AvgIpc) is 2.59. The summed E-state index contributed by atoms with van der Waals surface area (Å²) < 4.78 is -0.255. The van der Waals surface area contributed by atoms with Gasteiger partial charge in [-0.1, -0.05) is 39.0 Å². The Labute approximate surface area is 206 Å². The summed E-state index contributed by atoms with van der Waals surface area (Å²) in [7, 11) is 0. The van der Waals surface area contributed by atoms with Crippen LogP contribution < -0.4 is 5.32 Å². The summed E-state index contributed by atoms with van der Waals surface area (Å²) in [4.78, 5) is 11.4. The van der Waals surface area contributed by atoms with Crippen LogP contribution in [-0.2, 0) is 4.23 Å². The van der Waals surface area contributed by atoms with Crippen LogP contribution in [0.15, 0.2) is 30.3 Å². The van der Waals surface area contributed by atoms with Crippen molar-refractivity contribution in [1.29, 1.82) is 0 Å². The molecule has 1 fully saturated rings. The Morgan fingerprint density at radius 2 is 1.93 bits per heavy atom. The van der Waals surface area contributed by atoms with E-state index in [1.54, 1.807) is 6.07 Å². The standard InChI is InChI=1S/C21H24I3NO3/c1-4-15(25-17-10-14(19(27)28)20(17,2)3)12-6-5-11-7-8-16(26)18(13(11)9-12)21(22,23)24/h5-9,14-15,17,25-26H,4,10H2,1-3H3,(H,27,28). The Hall–Kier alpha value is 0.120. The Morgan fingerprint density at radius 3 is 2.46 bits per heavy atom. The Bertz CT molecular complexity index is 908. The van der Waals surface area contributed by atoms with Crippen molar-refractivity contribution in [3.05, 3.63) is 41.5 Å². The zero-order chi connectivity index (χ0) is 20.9. The highest BCUT2D eigenvalue weighted by Gasteiger charge is 2.52. The molecule has 152 valence electrons. The zero-order valence-electron chi connectivity index (χ0n) is 16.0. The summed E-state index contributed by atoms with van der Waals surface area (Å²) in [5.74, 6) is -0.682. The second-order valence-electron chi connectivity index (χ2n) is 8.07. The largest absolute Gasteiger partial charge is 0.508 e. The van der Waals surface area contributed by atoms with Gasteiger partial charge in [-0.2, -0.15) is 0 Å². The van der Waals surface area contributed by atoms with Gasteiger partial charge in [-0.05, 0) is 114 Å². The molecule has 0 bridgehead atoms. The second kappa shape index (κ2) is 8.33. The normalized spacial score (nSPS) is 22.6. The number of carboxylic acid groups (broad SMARTS) is 1. The van der Waals surface area contributed by atoms with Gasteiger partial charge in [0.1, 0.15) is 5.75 Å². The first-order valence-corrected chi connectivity index (χ1v) is 12.5. The minimum absolute atomic E-state index is 0.144. The van der Waals surface area contributed by atoms with Crippen molar-refractivity contribution in [3.63, 3.8) is 0 Å². The smallest absolute Gasteiger partial charge is 0.307 e. The number of halogens is 3. The van der Waals surface area contributed by atoms with E-state index in [4.69, 9.17) is 0 Å². The molecule has 1 aliphatic carbocycles. The van der Waals surface area contributed by atoms with Crippen molar-refractivity contribution >= 4 is 84.5 Å². The molecule has 0 saturated heterocycles. The first-order valence-electron chi connectivity index (χ1n) is 9.28. The fraction of sp³-hybridized carbons (Fsp3) is 0.476. The highest BCUT2D eigenvalue weighted by atomic mass is 127. The van der Waals surface area contributed by atoms with Crippen LogP contribution in [0.4, 0.5) is 0 Å². The lowest BCUT2D eigenvalue weighted by Crippen LogP contribution is -2.59. The first-order chi connectivity index (χ1) is 13.0. The highest BCUT2D eigenvalue weighted by Crippen LogP contribution is 2.52. The number of nitrogens with one attached hydrogen (secondary N) is 1. The predicted molar refractivity (Wildman–Crippen MR) is 139 cm³/mol. The number of aromatic hydroxyl groups is 1. The molecule has 0 aromatic heterocycles. The van der Waals surface area contributed by atoms with E-state index in [1.807, 2.05) is 19.9 Å². The maximum Gasteiger partial charge on any atom is 0.307 e. The third-order valence-corrected chi connectivity index (χ3v) is 7.70. The third kappa shape index (κ3) is 4.27. The molecule has 0 heterocycles. The number of fused-ring (bicyclic) bond motifs is 1. The van der Waals surface area contributed by atoms with Gasteiger partial charge in [-0.15, -0.1) is 0 Å². The minimum atomic E-state index is -0.704. The van der Waals surface area contributed by atoms with Crippen LogP contribution >= 0.6 is 67.8 Å². The molecule has 0 spiro atoms. The van der Waals surface area contributed by atoms with Crippen molar-refractivity contribution in [2.45, 2.75) is 45.1 Å². The number of hydrogen-bond acceptors (Lipinski definition) is 3. The topological polar surface area (TPSA) is 69.6 Å². The van der Waals surface area contributed by atoms with E-state index in [2.05, 4.69) is 98.2 Å². The van der Waals surface area contributed by atoms with E-state index in [0.29, 0.717) is 12.2 Å². The number of benzene rings is 2. The van der Waals surface area contributed by atoms with E-state index in [1.165, 1.54) is 5.56 Å². The van der Waals surface area contributed by atoms with E-state index in [-0.39, 0.29) is 22.9 Å². The van der Waals surface area contributed by atoms with E-state index < -0.39 is 5.97 Å². The fourth-order valence-corrected chi connectivity index (χ4v) is 5.86. The molecule has 3 unspecified atom stereocenters. The molecule has 2 aromatic rings. The van der Waals surface area contributed by atoms with Crippen molar-refractivity contribution in [1.82, 2.24) is 5.32 Å². The van der Waals surface area contributed by atoms with E-state index in [9.17, 15) is 15.0 Å². The number of phenolic OH excluding ortho intramolecular Hbond substituents is 1. The summed E-state index contributed by atoms with van der Waals surface area (Å²) in [5.41, 5.74) is 1.84. The van der Waals surface area contributed by atoms with Crippen molar-refractivity contribution < 1.29 is 15.0 Å². The molecule has 1 saturated carbocycles. The zero-order valence-corrected chi connectivity index (χ0v) is 22.4. The van der Waals surface area contributed by atoms with Crippen LogP contribution in [-0.4, -0.2) is 22.2 Å². The van der Waals surface area contributed by atoms with Crippen LogP contribution in [0, 0.1) is 11.3 Å². The number of phenols is 1. The number of rotatable bonds is 6. The second-order valence-corrected chi connectivity index (χ2v) is 19.1. The molecule has 7 heteroatoms. The van der Waals surface area contributed by atoms with Crippen LogP contribution in [0.2, 0.25) is 0 Å². The van der Waals surface area contributed by atoms with Crippen molar-refractivity contribution in [3.8, 4) is 5.75 Å². The van der Waals surface area contributed by atoms with Crippen molar-refractivity contribution in [2.24, 2.45) is 11.3 Å². The molecular weight excluding hydrogens is 695 g/mol. The first kappa shape index (κ1) is 22.8. The van der Waals surface area contributed by atoms with E-state index >= 15 is 0 Å². The molecule has 3 N–H and O–H groups in total. The predicted octanol–water partition coefficient (Wildman–Crippen LogP) is 6.50. The van der Waals surface area contributed by atoms with Gasteiger partial charge in [-0.3, -0.25) is 4.79 Å². The number of alkyl halides is 3. The monoisotopic (exact) mass is 719 g/mol. The van der Waals surface area contributed by atoms with Gasteiger partial charge in [0, 0.05) is 17.6 Å². The van der Waals surface area contributed by atoms with E-state index in [0.717, 1.165) is 22.8 Å². The van der Waals surface area contributed by atoms with Gasteiger partial charge in [0.05, 0.1) is 5.92 Å². The van der Waals surface area contributed by atoms with Crippen LogP contribution in [0.1, 0.15) is 50.8 Å². The lowest BCUT2D eigenvalue weighted by Gasteiger charge is -2.51. The number of aliphatic carboxylic acids is 1. The molecular formula is C21H24I3NO3. The molecule has 4 nitrogen and oxygen atoms in total. The fourth-order valence-electron chi connectivity index (χ4n) is 4.16. The number of carboxylic acids is 1. The Morgan fingerprint density at radius 1 is 1.29 bits per heavy atom. The lowest BCUT2D eigenvalue weighted by atomic mass is 9.58. The van der Waals surface area contributed by atoms with Gasteiger partial charge in [-0.25, -0.2) is 0 Å². The average molecular weight is 719 g/mol. The molecule has 0 amide bonds. The quantitative estimate of drug-likeness (QED) is 0.236. The van der Waals surface area contributed by atoms with Crippen LogP contribution in [0.5, 0.6) is 5.75 Å². The summed E-state index contributed by atoms with van der Waals surface area (Å²) in [6.45, 7) is 6.21. The van der Waals surface area contributed by atoms with Crippen molar-refractivity contribution in [2.75, 3.05) is 0 Å². The summed E-state index contributed by atoms with van der Waals surface area (Å²) in [6, 6.07) is 10.5. The Kier molecular flexibility index (Phi) is 6.79. The van der Waals surface area contributed by atoms with Gasteiger partial charge in [0.25, 0.3) is 0 Å². The SMILES string of the molecule is CCC(NC1CC(C(=O)O)C1(C)C)c1ccc2ccc(O)c(C(I)(I)I)c2c1. The summed E-state index contributed by atoms with van der Waals surface area (Å²) in [6.07, 6.45) is 1.57. The summed E-state index contributed by atoms with van der Waals surface area (Å²) in [5, 5.41) is 25.8. The molecule has 28 heavy (non-hydrogen) atoms. The van der Waals surface area contributed by atoms with Gasteiger partial charge < -0.3 is 15.5 Å². The number of carbonyl (C=O) groups is 1. The van der Waals surface area contributed by atoms with Gasteiger partial charge >= 0.3 is 5.97 Å². The summed E-state index contributed by atoms with van der Waals surface area (Å²) >= 11 is 7.03. The van der Waals surface area contributed by atoms with Crippen LogP contribution in [0.25, 0.3) is 10.8 Å². The maximum absolute atomic E-state index is 11.4. The molecule has 0 radical (unpaired) electrons. The maximum atomic E-state index is 11.4. The van der Waals surface area contributed by atoms with Gasteiger partial charge in [0.2, 0.25) is 0 Å². The molecule has 2 aromatic carbocycles. The molecule has 0 aliphatic heterocycles. The lowest BCUT2D eigenvalue weighted by molar-refractivity contribution is -0.155.